The topological polar surface area (TPSA) is 97.1 Å². The second-order valence-electron chi connectivity index (χ2n) is 7.22. The van der Waals surface area contributed by atoms with E-state index in [9.17, 15) is 4.79 Å². The van der Waals surface area contributed by atoms with E-state index >= 15 is 0 Å². The summed E-state index contributed by atoms with van der Waals surface area (Å²) in [7, 11) is 1.75. The SMILES string of the molecule is Cc1nc2cc(OCc3cc(C(=O)N(C)CCc4c(C)n[nH]c4C)no3)ccc2s1. The molecule has 0 spiro atoms. The first-order valence-corrected chi connectivity index (χ1v) is 10.4. The van der Waals surface area contributed by atoms with Gasteiger partial charge in [0.2, 0.25) is 0 Å². The van der Waals surface area contributed by atoms with Crippen LogP contribution in [0.5, 0.6) is 5.75 Å². The largest absolute Gasteiger partial charge is 0.485 e. The van der Waals surface area contributed by atoms with Crippen LogP contribution in [0.25, 0.3) is 10.2 Å². The average Bonchev–Trinajstić information content (AvgIpc) is 3.42. The van der Waals surface area contributed by atoms with E-state index in [4.69, 9.17) is 9.26 Å². The lowest BCUT2D eigenvalue weighted by molar-refractivity contribution is 0.0786. The lowest BCUT2D eigenvalue weighted by Gasteiger charge is -2.15. The van der Waals surface area contributed by atoms with Gasteiger partial charge < -0.3 is 14.2 Å². The van der Waals surface area contributed by atoms with E-state index in [2.05, 4.69) is 20.3 Å². The van der Waals surface area contributed by atoms with Crippen molar-refractivity contribution in [3.63, 3.8) is 0 Å². The minimum Gasteiger partial charge on any atom is -0.485 e. The van der Waals surface area contributed by atoms with E-state index in [1.54, 1.807) is 29.4 Å². The third-order valence-electron chi connectivity index (χ3n) is 4.95. The summed E-state index contributed by atoms with van der Waals surface area (Å²) in [6.45, 7) is 6.66. The van der Waals surface area contributed by atoms with E-state index in [0.29, 0.717) is 18.1 Å². The van der Waals surface area contributed by atoms with Crippen molar-refractivity contribution in [1.82, 2.24) is 25.2 Å². The molecule has 3 heterocycles. The Hall–Kier alpha value is -3.20. The quantitative estimate of drug-likeness (QED) is 0.483. The van der Waals surface area contributed by atoms with E-state index in [0.717, 1.165) is 38.6 Å². The number of hydrogen-bond acceptors (Lipinski definition) is 7. The second kappa shape index (κ2) is 8.27. The van der Waals surface area contributed by atoms with Crippen LogP contribution in [0, 0.1) is 20.8 Å². The number of rotatable bonds is 7. The van der Waals surface area contributed by atoms with Crippen LogP contribution in [-0.4, -0.2) is 44.7 Å². The maximum absolute atomic E-state index is 12.6. The van der Waals surface area contributed by atoms with Crippen LogP contribution < -0.4 is 4.74 Å². The number of nitrogens with one attached hydrogen (secondary N) is 1. The number of amides is 1. The summed E-state index contributed by atoms with van der Waals surface area (Å²) >= 11 is 1.65. The molecule has 0 aliphatic rings. The second-order valence-corrected chi connectivity index (χ2v) is 8.45. The third-order valence-corrected chi connectivity index (χ3v) is 5.90. The molecule has 0 unspecified atom stereocenters. The standard InChI is InChI=1S/C21H23N5O3S/c1-12-17(13(2)24-23-12)7-8-26(4)21(27)19-10-16(29-25-19)11-28-15-5-6-20-18(9-15)22-14(3)30-20/h5-6,9-10H,7-8,11H2,1-4H3,(H,23,24). The predicted molar refractivity (Wildman–Crippen MR) is 114 cm³/mol. The minimum atomic E-state index is -0.192. The van der Waals surface area contributed by atoms with Crippen molar-refractivity contribution in [3.05, 3.63) is 57.7 Å². The highest BCUT2D eigenvalue weighted by atomic mass is 32.1. The number of fused-ring (bicyclic) bond motifs is 1. The smallest absolute Gasteiger partial charge is 0.275 e. The molecule has 1 N–H and O–H groups in total. The molecule has 3 aromatic heterocycles. The molecule has 0 radical (unpaired) electrons. The maximum atomic E-state index is 12.6. The minimum absolute atomic E-state index is 0.187. The fourth-order valence-electron chi connectivity index (χ4n) is 3.27. The van der Waals surface area contributed by atoms with Gasteiger partial charge in [0, 0.05) is 31.4 Å². The molecular weight excluding hydrogens is 402 g/mol. The van der Waals surface area contributed by atoms with Gasteiger partial charge in [0.15, 0.2) is 11.5 Å². The number of aryl methyl sites for hydroxylation is 3. The Morgan fingerprint density at radius 1 is 1.27 bits per heavy atom. The molecule has 9 heteroatoms. The molecule has 0 atom stereocenters. The number of carbonyl (C=O) groups is 1. The summed E-state index contributed by atoms with van der Waals surface area (Å²) < 4.78 is 12.2. The van der Waals surface area contributed by atoms with Crippen LogP contribution in [0.3, 0.4) is 0 Å². The molecule has 0 aliphatic heterocycles. The van der Waals surface area contributed by atoms with Gasteiger partial charge in [-0.2, -0.15) is 5.10 Å². The number of benzene rings is 1. The number of thiazole rings is 1. The Labute approximate surface area is 177 Å². The van der Waals surface area contributed by atoms with Gasteiger partial charge in [0.1, 0.15) is 12.4 Å². The van der Waals surface area contributed by atoms with Crippen LogP contribution in [0.1, 0.15) is 38.2 Å². The van der Waals surface area contributed by atoms with E-state index < -0.39 is 0 Å². The zero-order valence-corrected chi connectivity index (χ0v) is 18.2. The fourth-order valence-corrected chi connectivity index (χ4v) is 4.07. The van der Waals surface area contributed by atoms with Gasteiger partial charge in [-0.3, -0.25) is 9.89 Å². The highest BCUT2D eigenvalue weighted by Crippen LogP contribution is 2.26. The molecule has 30 heavy (non-hydrogen) atoms. The fraction of sp³-hybridized carbons (Fsp3) is 0.333. The van der Waals surface area contributed by atoms with Crippen molar-refractivity contribution in [2.24, 2.45) is 0 Å². The zero-order chi connectivity index (χ0) is 21.3. The van der Waals surface area contributed by atoms with Crippen LogP contribution in [0.2, 0.25) is 0 Å². The van der Waals surface area contributed by atoms with E-state index in [-0.39, 0.29) is 18.2 Å². The summed E-state index contributed by atoms with van der Waals surface area (Å²) in [5.74, 6) is 0.992. The molecule has 0 saturated carbocycles. The Morgan fingerprint density at radius 2 is 2.10 bits per heavy atom. The van der Waals surface area contributed by atoms with E-state index in [1.807, 2.05) is 39.0 Å². The predicted octanol–water partition coefficient (Wildman–Crippen LogP) is 3.83. The molecule has 0 bridgehead atoms. The first-order chi connectivity index (χ1) is 14.4. The Balaban J connectivity index is 1.34. The first kappa shape index (κ1) is 20.1. The molecular formula is C21H23N5O3S. The molecule has 0 saturated heterocycles. The van der Waals surface area contributed by atoms with Crippen molar-refractivity contribution in [2.45, 2.75) is 33.8 Å². The van der Waals surface area contributed by atoms with Crippen molar-refractivity contribution in [2.75, 3.05) is 13.6 Å². The number of carbonyl (C=O) groups excluding carboxylic acids is 1. The summed E-state index contributed by atoms with van der Waals surface area (Å²) in [5.41, 5.74) is 4.30. The monoisotopic (exact) mass is 425 g/mol. The highest BCUT2D eigenvalue weighted by molar-refractivity contribution is 7.18. The molecule has 4 aromatic rings. The summed E-state index contributed by atoms with van der Waals surface area (Å²) in [4.78, 5) is 18.7. The van der Waals surface area contributed by atoms with Crippen LogP contribution in [0.4, 0.5) is 0 Å². The van der Waals surface area contributed by atoms with Gasteiger partial charge >= 0.3 is 0 Å². The van der Waals surface area contributed by atoms with Crippen LogP contribution in [-0.2, 0) is 13.0 Å². The number of aromatic nitrogens is 4. The molecule has 1 aromatic carbocycles. The Kier molecular flexibility index (Phi) is 5.54. The molecule has 8 nitrogen and oxygen atoms in total. The molecule has 156 valence electrons. The van der Waals surface area contributed by atoms with Crippen molar-refractivity contribution >= 4 is 27.5 Å². The van der Waals surface area contributed by atoms with Crippen LogP contribution in [0.15, 0.2) is 28.8 Å². The summed E-state index contributed by atoms with van der Waals surface area (Å²) in [6.07, 6.45) is 0.725. The number of nitrogens with zero attached hydrogens (tertiary/aromatic N) is 4. The lowest BCUT2D eigenvalue weighted by atomic mass is 10.1. The van der Waals surface area contributed by atoms with Gasteiger partial charge in [0.05, 0.1) is 20.9 Å². The zero-order valence-electron chi connectivity index (χ0n) is 17.4. The highest BCUT2D eigenvalue weighted by Gasteiger charge is 2.18. The van der Waals surface area contributed by atoms with Gasteiger partial charge in [-0.25, -0.2) is 4.98 Å². The Bertz CT molecular complexity index is 1170. The normalized spacial score (nSPS) is 11.2. The van der Waals surface area contributed by atoms with Crippen molar-refractivity contribution in [1.29, 1.82) is 0 Å². The van der Waals surface area contributed by atoms with Crippen LogP contribution >= 0.6 is 11.3 Å². The van der Waals surface area contributed by atoms with E-state index in [1.165, 1.54) is 0 Å². The number of likely N-dealkylation sites (N-methyl/N-ethyl adjacent to an activating group) is 1. The molecule has 0 aliphatic carbocycles. The number of hydrogen-bond donors (Lipinski definition) is 1. The molecule has 4 rings (SSSR count). The first-order valence-electron chi connectivity index (χ1n) is 9.62. The maximum Gasteiger partial charge on any atom is 0.275 e. The molecule has 1 amide bonds. The number of H-pyrrole nitrogens is 1. The van der Waals surface area contributed by atoms with Gasteiger partial charge in [-0.05, 0) is 44.9 Å². The average molecular weight is 426 g/mol. The van der Waals surface area contributed by atoms with Crippen molar-refractivity contribution in [3.8, 4) is 5.75 Å². The Morgan fingerprint density at radius 3 is 2.87 bits per heavy atom. The summed E-state index contributed by atoms with van der Waals surface area (Å²) in [5, 5.41) is 12.1. The third kappa shape index (κ3) is 4.20. The summed E-state index contributed by atoms with van der Waals surface area (Å²) in [6, 6.07) is 7.41. The number of aromatic amines is 1. The van der Waals surface area contributed by atoms with Gasteiger partial charge in [-0.1, -0.05) is 5.16 Å². The number of ether oxygens (including phenoxy) is 1. The van der Waals surface area contributed by atoms with Crippen molar-refractivity contribution < 1.29 is 14.1 Å². The lowest BCUT2D eigenvalue weighted by Crippen LogP contribution is -2.29. The van der Waals surface area contributed by atoms with Gasteiger partial charge in [-0.15, -0.1) is 11.3 Å². The van der Waals surface area contributed by atoms with Gasteiger partial charge in [0.25, 0.3) is 5.91 Å². The molecule has 0 fully saturated rings.